The normalized spacial score (nSPS) is 11.5. The first-order valence-electron chi connectivity index (χ1n) is 4.96. The maximum atomic E-state index is 10.5. The maximum Gasteiger partial charge on any atom is 0.332 e. The summed E-state index contributed by atoms with van der Waals surface area (Å²) in [5.41, 5.74) is 0.930. The molecule has 0 fully saturated rings. The first kappa shape index (κ1) is 12.8. The summed E-state index contributed by atoms with van der Waals surface area (Å²) in [5, 5.41) is 8.57. The molecule has 0 spiro atoms. The minimum Gasteiger partial charge on any atom is -0.497 e. The summed E-state index contributed by atoms with van der Waals surface area (Å²) in [6.45, 7) is 0. The lowest BCUT2D eigenvalue weighted by Crippen LogP contribution is -1.92. The van der Waals surface area contributed by atoms with Gasteiger partial charge in [-0.2, -0.15) is 0 Å². The first-order valence-corrected chi connectivity index (χ1v) is 4.96. The van der Waals surface area contributed by atoms with E-state index in [2.05, 4.69) is 0 Å². The molecule has 0 saturated carbocycles. The van der Waals surface area contributed by atoms with Crippen LogP contribution < -0.4 is 4.74 Å². The van der Waals surface area contributed by atoms with Crippen LogP contribution in [0.1, 0.15) is 5.56 Å². The van der Waals surface area contributed by atoms with E-state index in [4.69, 9.17) is 14.6 Å². The van der Waals surface area contributed by atoms with Crippen LogP contribution in [0.15, 0.2) is 42.2 Å². The van der Waals surface area contributed by atoms with E-state index in [0.717, 1.165) is 17.4 Å². The van der Waals surface area contributed by atoms with Crippen molar-refractivity contribution in [3.8, 4) is 5.75 Å². The van der Waals surface area contributed by atoms with Crippen molar-refractivity contribution in [2.75, 3.05) is 14.2 Å². The summed E-state index contributed by atoms with van der Waals surface area (Å²) in [5.74, 6) is 0.0183. The van der Waals surface area contributed by atoms with Gasteiger partial charge in [-0.1, -0.05) is 18.2 Å². The Morgan fingerprint density at radius 2 is 1.88 bits per heavy atom. The van der Waals surface area contributed by atoms with Gasteiger partial charge < -0.3 is 14.6 Å². The fraction of sp³-hybridized carbons (Fsp3) is 0.154. The summed E-state index contributed by atoms with van der Waals surface area (Å²) in [7, 11) is 3.02. The van der Waals surface area contributed by atoms with E-state index >= 15 is 0 Å². The van der Waals surface area contributed by atoms with Crippen LogP contribution in [0.25, 0.3) is 6.08 Å². The Labute approximate surface area is 99.8 Å². The molecule has 0 unspecified atom stereocenters. The molecular weight excluding hydrogens is 220 g/mol. The van der Waals surface area contributed by atoms with Crippen molar-refractivity contribution in [3.05, 3.63) is 47.7 Å². The molecule has 0 bridgehead atoms. The molecule has 0 radical (unpaired) electrons. The quantitative estimate of drug-likeness (QED) is 0.482. The van der Waals surface area contributed by atoms with Crippen LogP contribution in [0.4, 0.5) is 0 Å². The molecule has 1 aromatic rings. The number of hydrogen-bond donors (Lipinski definition) is 1. The van der Waals surface area contributed by atoms with Crippen LogP contribution in [0, 0.1) is 0 Å². The summed E-state index contributed by atoms with van der Waals surface area (Å²) in [4.78, 5) is 10.5. The fourth-order valence-corrected chi connectivity index (χ4v) is 1.19. The molecule has 1 rings (SSSR count). The van der Waals surface area contributed by atoms with E-state index in [1.54, 1.807) is 19.3 Å². The van der Waals surface area contributed by atoms with Crippen LogP contribution in [0.5, 0.6) is 5.75 Å². The molecule has 0 aliphatic rings. The van der Waals surface area contributed by atoms with Gasteiger partial charge in [0.05, 0.1) is 20.3 Å². The van der Waals surface area contributed by atoms with Crippen LogP contribution in [0.2, 0.25) is 0 Å². The number of rotatable bonds is 5. The average molecular weight is 234 g/mol. The van der Waals surface area contributed by atoms with Gasteiger partial charge in [0.1, 0.15) is 11.5 Å². The Kier molecular flexibility index (Phi) is 4.81. The molecule has 0 aliphatic carbocycles. The number of carboxylic acid groups (broad SMARTS) is 1. The highest BCUT2D eigenvalue weighted by atomic mass is 16.5. The topological polar surface area (TPSA) is 55.8 Å². The van der Waals surface area contributed by atoms with Gasteiger partial charge in [-0.15, -0.1) is 0 Å². The lowest BCUT2D eigenvalue weighted by molar-refractivity contribution is -0.131. The molecule has 90 valence electrons. The van der Waals surface area contributed by atoms with Crippen molar-refractivity contribution < 1.29 is 19.4 Å². The average Bonchev–Trinajstić information content (AvgIpc) is 2.34. The second-order valence-corrected chi connectivity index (χ2v) is 3.20. The van der Waals surface area contributed by atoms with Crippen molar-refractivity contribution >= 4 is 12.0 Å². The van der Waals surface area contributed by atoms with Crippen LogP contribution in [-0.4, -0.2) is 25.3 Å². The summed E-state index contributed by atoms with van der Waals surface area (Å²) >= 11 is 0. The lowest BCUT2D eigenvalue weighted by Gasteiger charge is -2.00. The van der Waals surface area contributed by atoms with E-state index in [0.29, 0.717) is 0 Å². The molecule has 4 heteroatoms. The number of benzene rings is 1. The molecule has 1 N–H and O–H groups in total. The summed E-state index contributed by atoms with van der Waals surface area (Å²) in [6, 6.07) is 7.38. The second kappa shape index (κ2) is 6.37. The largest absolute Gasteiger partial charge is 0.497 e. The van der Waals surface area contributed by atoms with E-state index in [1.165, 1.54) is 7.11 Å². The van der Waals surface area contributed by atoms with Gasteiger partial charge >= 0.3 is 5.97 Å². The molecule has 0 atom stereocenters. The smallest absolute Gasteiger partial charge is 0.332 e. The number of hydrogen-bond acceptors (Lipinski definition) is 3. The predicted octanol–water partition coefficient (Wildman–Crippen LogP) is 2.32. The van der Waals surface area contributed by atoms with E-state index in [-0.39, 0.29) is 5.76 Å². The van der Waals surface area contributed by atoms with Crippen molar-refractivity contribution in [1.29, 1.82) is 0 Å². The number of aliphatic carboxylic acids is 1. The Morgan fingerprint density at radius 1 is 1.24 bits per heavy atom. The van der Waals surface area contributed by atoms with Crippen LogP contribution in [-0.2, 0) is 9.53 Å². The third-order valence-corrected chi connectivity index (χ3v) is 2.06. The lowest BCUT2D eigenvalue weighted by atomic mass is 10.2. The van der Waals surface area contributed by atoms with Crippen molar-refractivity contribution in [2.45, 2.75) is 0 Å². The molecule has 1 aromatic carbocycles. The SMILES string of the molecule is COC(=C\C(=O)O)/C=C/c1ccc(OC)cc1. The van der Waals surface area contributed by atoms with E-state index in [1.807, 2.05) is 24.3 Å². The third-order valence-electron chi connectivity index (χ3n) is 2.06. The predicted molar refractivity (Wildman–Crippen MR) is 64.8 cm³/mol. The first-order chi connectivity index (χ1) is 8.15. The third kappa shape index (κ3) is 4.42. The Morgan fingerprint density at radius 3 is 2.35 bits per heavy atom. The van der Waals surface area contributed by atoms with Gasteiger partial charge in [0.25, 0.3) is 0 Å². The van der Waals surface area contributed by atoms with Gasteiger partial charge in [0, 0.05) is 0 Å². The van der Waals surface area contributed by atoms with Gasteiger partial charge in [0.2, 0.25) is 0 Å². The number of carbonyl (C=O) groups is 1. The van der Waals surface area contributed by atoms with Crippen LogP contribution >= 0.6 is 0 Å². The Balaban J connectivity index is 2.78. The van der Waals surface area contributed by atoms with E-state index < -0.39 is 5.97 Å². The Bertz CT molecular complexity index is 429. The van der Waals surface area contributed by atoms with Crippen molar-refractivity contribution in [1.82, 2.24) is 0 Å². The number of carboxylic acids is 1. The highest BCUT2D eigenvalue weighted by Crippen LogP contribution is 2.13. The summed E-state index contributed by atoms with van der Waals surface area (Å²) in [6.07, 6.45) is 4.35. The summed E-state index contributed by atoms with van der Waals surface area (Å²) < 4.78 is 9.93. The molecule has 0 amide bonds. The minimum atomic E-state index is -1.04. The standard InChI is InChI=1S/C13H14O4/c1-16-11-6-3-10(4-7-11)5-8-12(17-2)9-13(14)15/h3-9H,1-2H3,(H,14,15)/b8-5+,12-9-. The zero-order valence-electron chi connectivity index (χ0n) is 9.71. The zero-order chi connectivity index (χ0) is 12.7. The van der Waals surface area contributed by atoms with Crippen molar-refractivity contribution in [2.24, 2.45) is 0 Å². The molecule has 0 heterocycles. The van der Waals surface area contributed by atoms with Gasteiger partial charge in [-0.25, -0.2) is 4.79 Å². The molecule has 4 nitrogen and oxygen atoms in total. The second-order valence-electron chi connectivity index (χ2n) is 3.20. The molecule has 0 saturated heterocycles. The highest BCUT2D eigenvalue weighted by Gasteiger charge is 1.95. The molecule has 17 heavy (non-hydrogen) atoms. The van der Waals surface area contributed by atoms with E-state index in [9.17, 15) is 4.79 Å². The highest BCUT2D eigenvalue weighted by molar-refractivity contribution is 5.81. The number of ether oxygens (including phenoxy) is 2. The zero-order valence-corrected chi connectivity index (χ0v) is 9.71. The van der Waals surface area contributed by atoms with Gasteiger partial charge in [-0.3, -0.25) is 0 Å². The van der Waals surface area contributed by atoms with Crippen LogP contribution in [0.3, 0.4) is 0 Å². The Hall–Kier alpha value is -2.23. The van der Waals surface area contributed by atoms with Gasteiger partial charge in [0.15, 0.2) is 0 Å². The number of methoxy groups -OCH3 is 2. The molecule has 0 aliphatic heterocycles. The van der Waals surface area contributed by atoms with Gasteiger partial charge in [-0.05, 0) is 23.8 Å². The fourth-order valence-electron chi connectivity index (χ4n) is 1.19. The number of allylic oxidation sites excluding steroid dienone is 1. The maximum absolute atomic E-state index is 10.5. The molecular formula is C13H14O4. The monoisotopic (exact) mass is 234 g/mol. The minimum absolute atomic E-state index is 0.285. The molecule has 0 aromatic heterocycles. The van der Waals surface area contributed by atoms with Crippen molar-refractivity contribution in [3.63, 3.8) is 0 Å².